The van der Waals surface area contributed by atoms with Gasteiger partial charge in [-0.05, 0) is 24.6 Å². The van der Waals surface area contributed by atoms with E-state index < -0.39 is 0 Å². The molecule has 0 aliphatic heterocycles. The number of halogens is 2. The third-order valence-corrected chi connectivity index (χ3v) is 2.70. The molecule has 0 spiro atoms. The van der Waals surface area contributed by atoms with Crippen LogP contribution in [0.4, 0.5) is 0 Å². The van der Waals surface area contributed by atoms with Crippen molar-refractivity contribution in [2.24, 2.45) is 0 Å². The van der Waals surface area contributed by atoms with E-state index in [2.05, 4.69) is 4.98 Å². The zero-order valence-corrected chi connectivity index (χ0v) is 9.64. The molecule has 0 bridgehead atoms. The van der Waals surface area contributed by atoms with Crippen LogP contribution in [0.25, 0.3) is 11.3 Å². The molecule has 0 saturated carbocycles. The molecule has 0 saturated heterocycles. The van der Waals surface area contributed by atoms with Crippen molar-refractivity contribution in [2.45, 2.75) is 12.8 Å². The van der Waals surface area contributed by atoms with Gasteiger partial charge in [0.1, 0.15) is 5.69 Å². The van der Waals surface area contributed by atoms with Gasteiger partial charge in [0.05, 0.1) is 10.9 Å². The van der Waals surface area contributed by atoms with Crippen LogP contribution in [0.15, 0.2) is 29.0 Å². The third-order valence-electron chi connectivity index (χ3n) is 2.14. The summed E-state index contributed by atoms with van der Waals surface area (Å²) in [6.07, 6.45) is 1.38. The number of alkyl halides is 1. The van der Waals surface area contributed by atoms with E-state index in [1.807, 2.05) is 25.1 Å². The van der Waals surface area contributed by atoms with Gasteiger partial charge in [-0.2, -0.15) is 0 Å². The zero-order valence-electron chi connectivity index (χ0n) is 8.13. The second-order valence-electron chi connectivity index (χ2n) is 3.25. The molecule has 0 aliphatic carbocycles. The molecule has 2 aromatic rings. The van der Waals surface area contributed by atoms with E-state index >= 15 is 0 Å². The van der Waals surface area contributed by atoms with Gasteiger partial charge in [0.15, 0.2) is 12.2 Å². The summed E-state index contributed by atoms with van der Waals surface area (Å²) in [7, 11) is 0. The number of rotatable bonds is 2. The van der Waals surface area contributed by atoms with E-state index in [0.717, 1.165) is 11.1 Å². The van der Waals surface area contributed by atoms with Gasteiger partial charge >= 0.3 is 0 Å². The fraction of sp³-hybridized carbons (Fsp3) is 0.182. The average Bonchev–Trinajstić information content (AvgIpc) is 2.65. The Morgan fingerprint density at radius 2 is 2.20 bits per heavy atom. The highest BCUT2D eigenvalue weighted by Gasteiger charge is 2.12. The van der Waals surface area contributed by atoms with Crippen molar-refractivity contribution in [3.63, 3.8) is 0 Å². The fourth-order valence-electron chi connectivity index (χ4n) is 1.39. The van der Waals surface area contributed by atoms with Crippen LogP contribution in [-0.2, 0) is 5.88 Å². The molecule has 78 valence electrons. The van der Waals surface area contributed by atoms with Gasteiger partial charge in [0.2, 0.25) is 0 Å². The summed E-state index contributed by atoms with van der Waals surface area (Å²) in [5.74, 6) is 0.964. The van der Waals surface area contributed by atoms with Crippen LogP contribution in [0.1, 0.15) is 11.3 Å². The molecule has 0 N–H and O–H groups in total. The molecule has 15 heavy (non-hydrogen) atoms. The van der Waals surface area contributed by atoms with Crippen molar-refractivity contribution in [3.8, 4) is 11.3 Å². The number of hydrogen-bond acceptors (Lipinski definition) is 2. The Labute approximate surface area is 97.8 Å². The van der Waals surface area contributed by atoms with Crippen LogP contribution in [0.5, 0.6) is 0 Å². The first-order valence-electron chi connectivity index (χ1n) is 4.47. The molecule has 0 atom stereocenters. The lowest BCUT2D eigenvalue weighted by Gasteiger charge is -2.02. The largest absolute Gasteiger partial charge is 0.443 e. The summed E-state index contributed by atoms with van der Waals surface area (Å²) in [6.45, 7) is 1.98. The van der Waals surface area contributed by atoms with Crippen molar-refractivity contribution in [1.29, 1.82) is 0 Å². The van der Waals surface area contributed by atoms with Gasteiger partial charge in [-0.25, -0.2) is 4.98 Å². The first-order chi connectivity index (χ1) is 7.22. The second kappa shape index (κ2) is 4.25. The lowest BCUT2D eigenvalue weighted by molar-refractivity contribution is 0.571. The standard InChI is InChI=1S/C11H9Cl2NO/c1-7-2-3-8(9(13)4-7)11-10(5-12)14-6-15-11/h2-4,6H,5H2,1H3. The van der Waals surface area contributed by atoms with Crippen LogP contribution < -0.4 is 0 Å². The lowest BCUT2D eigenvalue weighted by atomic mass is 10.1. The summed E-state index contributed by atoms with van der Waals surface area (Å²) in [5, 5.41) is 0.651. The minimum absolute atomic E-state index is 0.316. The highest BCUT2D eigenvalue weighted by Crippen LogP contribution is 2.31. The minimum atomic E-state index is 0.316. The first-order valence-corrected chi connectivity index (χ1v) is 5.38. The summed E-state index contributed by atoms with van der Waals surface area (Å²) in [4.78, 5) is 4.02. The molecule has 2 rings (SSSR count). The van der Waals surface area contributed by atoms with Gasteiger partial charge in [0.25, 0.3) is 0 Å². The Balaban J connectivity index is 2.54. The van der Waals surface area contributed by atoms with Crippen LogP contribution in [0, 0.1) is 6.92 Å². The lowest BCUT2D eigenvalue weighted by Crippen LogP contribution is -1.84. The van der Waals surface area contributed by atoms with Crippen LogP contribution in [0.3, 0.4) is 0 Å². The number of nitrogens with zero attached hydrogens (tertiary/aromatic N) is 1. The SMILES string of the molecule is Cc1ccc(-c2ocnc2CCl)c(Cl)c1. The molecular formula is C11H9Cl2NO. The van der Waals surface area contributed by atoms with E-state index in [9.17, 15) is 0 Å². The highest BCUT2D eigenvalue weighted by atomic mass is 35.5. The smallest absolute Gasteiger partial charge is 0.181 e. The highest BCUT2D eigenvalue weighted by molar-refractivity contribution is 6.33. The summed E-state index contributed by atoms with van der Waals surface area (Å²) < 4.78 is 5.28. The zero-order chi connectivity index (χ0) is 10.8. The van der Waals surface area contributed by atoms with Gasteiger partial charge in [-0.15, -0.1) is 11.6 Å². The number of aromatic nitrogens is 1. The molecule has 0 radical (unpaired) electrons. The summed E-state index contributed by atoms with van der Waals surface area (Å²) in [5.41, 5.74) is 2.65. The number of aryl methyl sites for hydroxylation is 1. The van der Waals surface area contributed by atoms with Crippen molar-refractivity contribution in [1.82, 2.24) is 4.98 Å². The van der Waals surface area contributed by atoms with Gasteiger partial charge in [0, 0.05) is 5.56 Å². The van der Waals surface area contributed by atoms with Crippen LogP contribution >= 0.6 is 23.2 Å². The molecule has 0 amide bonds. The number of oxazole rings is 1. The Kier molecular flexibility index (Phi) is 2.98. The van der Waals surface area contributed by atoms with Crippen molar-refractivity contribution in [2.75, 3.05) is 0 Å². The van der Waals surface area contributed by atoms with E-state index in [4.69, 9.17) is 27.6 Å². The molecular weight excluding hydrogens is 233 g/mol. The third kappa shape index (κ3) is 2.01. The molecule has 0 aliphatic rings. The molecule has 1 aromatic carbocycles. The summed E-state index contributed by atoms with van der Waals surface area (Å²) in [6, 6.07) is 5.77. The Hall–Kier alpha value is -0.990. The van der Waals surface area contributed by atoms with Crippen molar-refractivity contribution in [3.05, 3.63) is 40.9 Å². The van der Waals surface area contributed by atoms with E-state index in [1.165, 1.54) is 6.39 Å². The van der Waals surface area contributed by atoms with Crippen LogP contribution in [-0.4, -0.2) is 4.98 Å². The molecule has 0 unspecified atom stereocenters. The predicted octanol–water partition coefficient (Wildman–Crippen LogP) is 4.04. The first kappa shape index (κ1) is 10.5. The Morgan fingerprint density at radius 1 is 1.40 bits per heavy atom. The molecule has 1 heterocycles. The van der Waals surface area contributed by atoms with E-state index in [-0.39, 0.29) is 0 Å². The molecule has 4 heteroatoms. The van der Waals surface area contributed by atoms with Gasteiger partial charge in [-0.1, -0.05) is 17.7 Å². The predicted molar refractivity (Wildman–Crippen MR) is 61.2 cm³/mol. The van der Waals surface area contributed by atoms with E-state index in [0.29, 0.717) is 22.4 Å². The second-order valence-corrected chi connectivity index (χ2v) is 3.92. The maximum absolute atomic E-state index is 6.12. The molecule has 1 aromatic heterocycles. The van der Waals surface area contributed by atoms with E-state index in [1.54, 1.807) is 0 Å². The van der Waals surface area contributed by atoms with Gasteiger partial charge < -0.3 is 4.42 Å². The van der Waals surface area contributed by atoms with Crippen molar-refractivity contribution >= 4 is 23.2 Å². The maximum Gasteiger partial charge on any atom is 0.181 e. The fourth-order valence-corrected chi connectivity index (χ4v) is 1.90. The molecule has 2 nitrogen and oxygen atoms in total. The van der Waals surface area contributed by atoms with Crippen LogP contribution in [0.2, 0.25) is 5.02 Å². The van der Waals surface area contributed by atoms with Gasteiger partial charge in [-0.3, -0.25) is 0 Å². The monoisotopic (exact) mass is 241 g/mol. The minimum Gasteiger partial charge on any atom is -0.443 e. The van der Waals surface area contributed by atoms with Crippen molar-refractivity contribution < 1.29 is 4.42 Å². The normalized spacial score (nSPS) is 10.6. The average molecular weight is 242 g/mol. The Morgan fingerprint density at radius 3 is 2.87 bits per heavy atom. The number of benzene rings is 1. The topological polar surface area (TPSA) is 26.0 Å². The molecule has 0 fully saturated rings. The Bertz CT molecular complexity index is 479. The summed E-state index contributed by atoms with van der Waals surface area (Å²) >= 11 is 11.9. The quantitative estimate of drug-likeness (QED) is 0.742. The number of hydrogen-bond donors (Lipinski definition) is 0. The maximum atomic E-state index is 6.12.